The summed E-state index contributed by atoms with van der Waals surface area (Å²) in [6, 6.07) is 11.7. The minimum absolute atomic E-state index is 0.185. The second kappa shape index (κ2) is 8.37. The van der Waals surface area contributed by atoms with Gasteiger partial charge in [-0.1, -0.05) is 27.5 Å². The molecule has 0 bridgehead atoms. The van der Waals surface area contributed by atoms with Gasteiger partial charge in [-0.25, -0.2) is 4.98 Å². The molecule has 0 aliphatic carbocycles. The van der Waals surface area contributed by atoms with E-state index in [4.69, 9.17) is 16.3 Å². The number of hydrogen-bond donors (Lipinski definition) is 1. The van der Waals surface area contributed by atoms with Gasteiger partial charge < -0.3 is 14.6 Å². The van der Waals surface area contributed by atoms with E-state index in [1.54, 1.807) is 66.5 Å². The lowest BCUT2D eigenvalue weighted by molar-refractivity contribution is -0.118. The third kappa shape index (κ3) is 4.75. The van der Waals surface area contributed by atoms with Gasteiger partial charge in [-0.2, -0.15) is 0 Å². The van der Waals surface area contributed by atoms with E-state index in [1.165, 1.54) is 0 Å². The Bertz CT molecular complexity index is 986. The number of ketones is 1. The highest BCUT2D eigenvalue weighted by atomic mass is 79.9. The number of carbonyl (C=O) groups excluding carboxylic acids is 2. The average Bonchev–Trinajstić information content (AvgIpc) is 3.07. The van der Waals surface area contributed by atoms with Crippen LogP contribution in [0.15, 0.2) is 59.3 Å². The second-order valence-corrected chi connectivity index (χ2v) is 7.00. The average molecular weight is 449 g/mol. The summed E-state index contributed by atoms with van der Waals surface area (Å²) in [6.45, 7) is -0.185. The summed E-state index contributed by atoms with van der Waals surface area (Å²) in [7, 11) is 1.76. The normalized spacial score (nSPS) is 10.5. The van der Waals surface area contributed by atoms with E-state index in [9.17, 15) is 9.59 Å². The lowest BCUT2D eigenvalue weighted by Gasteiger charge is -2.09. The van der Waals surface area contributed by atoms with Crippen LogP contribution < -0.4 is 10.1 Å². The number of hydrogen-bond acceptors (Lipinski definition) is 4. The van der Waals surface area contributed by atoms with Gasteiger partial charge in [0.15, 0.2) is 12.4 Å². The number of benzene rings is 2. The molecule has 0 radical (unpaired) electrons. The molecule has 6 nitrogen and oxygen atoms in total. The van der Waals surface area contributed by atoms with Crippen LogP contribution in [-0.2, 0) is 11.8 Å². The minimum Gasteiger partial charge on any atom is -0.482 e. The Morgan fingerprint density at radius 2 is 1.96 bits per heavy atom. The molecule has 1 aromatic heterocycles. The molecule has 0 saturated heterocycles. The maximum atomic E-state index is 12.4. The van der Waals surface area contributed by atoms with Crippen LogP contribution in [-0.4, -0.2) is 27.8 Å². The molecule has 27 heavy (non-hydrogen) atoms. The fourth-order valence-electron chi connectivity index (χ4n) is 2.35. The number of nitrogens with zero attached hydrogens (tertiary/aromatic N) is 2. The topological polar surface area (TPSA) is 73.2 Å². The van der Waals surface area contributed by atoms with Crippen LogP contribution in [0.2, 0.25) is 5.02 Å². The molecule has 3 aromatic rings. The first-order valence-electron chi connectivity index (χ1n) is 7.94. The van der Waals surface area contributed by atoms with Crippen molar-refractivity contribution >= 4 is 44.9 Å². The summed E-state index contributed by atoms with van der Waals surface area (Å²) in [5.41, 5.74) is 1.04. The summed E-state index contributed by atoms with van der Waals surface area (Å²) in [5, 5.41) is 3.12. The van der Waals surface area contributed by atoms with Crippen molar-refractivity contribution < 1.29 is 14.3 Å². The van der Waals surface area contributed by atoms with E-state index in [0.717, 1.165) is 4.47 Å². The molecular formula is C19H15BrClN3O3. The molecular weight excluding hydrogens is 434 g/mol. The first-order chi connectivity index (χ1) is 12.9. The first-order valence-corrected chi connectivity index (χ1v) is 9.11. The van der Waals surface area contributed by atoms with Crippen LogP contribution >= 0.6 is 27.5 Å². The number of anilines is 1. The molecule has 0 unspecified atom stereocenters. The molecule has 0 spiro atoms. The highest BCUT2D eigenvalue weighted by molar-refractivity contribution is 9.10. The van der Waals surface area contributed by atoms with Crippen LogP contribution in [0.5, 0.6) is 5.75 Å². The number of carbonyl (C=O) groups is 2. The van der Waals surface area contributed by atoms with Crippen molar-refractivity contribution in [2.75, 3.05) is 11.9 Å². The lowest BCUT2D eigenvalue weighted by atomic mass is 10.1. The second-order valence-electron chi connectivity index (χ2n) is 5.68. The molecule has 1 heterocycles. The summed E-state index contributed by atoms with van der Waals surface area (Å²) < 4.78 is 7.90. The monoisotopic (exact) mass is 447 g/mol. The third-order valence-electron chi connectivity index (χ3n) is 3.71. The van der Waals surface area contributed by atoms with Gasteiger partial charge >= 0.3 is 0 Å². The molecule has 1 N–H and O–H groups in total. The van der Waals surface area contributed by atoms with Crippen LogP contribution in [0.3, 0.4) is 0 Å². The zero-order chi connectivity index (χ0) is 19.4. The Morgan fingerprint density at radius 3 is 2.59 bits per heavy atom. The Morgan fingerprint density at radius 1 is 1.22 bits per heavy atom. The van der Waals surface area contributed by atoms with Crippen LogP contribution in [0.25, 0.3) is 0 Å². The number of ether oxygens (including phenoxy) is 1. The number of imidazole rings is 1. The van der Waals surface area contributed by atoms with Gasteiger partial charge in [-0.3, -0.25) is 9.59 Å². The van der Waals surface area contributed by atoms with E-state index in [1.807, 2.05) is 0 Å². The molecule has 3 rings (SSSR count). The maximum Gasteiger partial charge on any atom is 0.262 e. The van der Waals surface area contributed by atoms with Crippen molar-refractivity contribution in [3.63, 3.8) is 0 Å². The zero-order valence-corrected chi connectivity index (χ0v) is 16.6. The summed E-state index contributed by atoms with van der Waals surface area (Å²) in [4.78, 5) is 28.5. The predicted octanol–water partition coefficient (Wildman–Crippen LogP) is 4.08. The van der Waals surface area contributed by atoms with Gasteiger partial charge in [-0.15, -0.1) is 0 Å². The molecule has 8 heteroatoms. The van der Waals surface area contributed by atoms with Crippen molar-refractivity contribution in [1.29, 1.82) is 0 Å². The molecule has 1 amide bonds. The van der Waals surface area contributed by atoms with Crippen molar-refractivity contribution in [2.45, 2.75) is 0 Å². The number of amides is 1. The zero-order valence-electron chi connectivity index (χ0n) is 14.3. The highest BCUT2D eigenvalue weighted by Crippen LogP contribution is 2.27. The lowest BCUT2D eigenvalue weighted by Crippen LogP contribution is -2.20. The fraction of sp³-hybridized carbons (Fsp3) is 0.105. The molecule has 0 atom stereocenters. The van der Waals surface area contributed by atoms with Crippen LogP contribution in [0.4, 0.5) is 5.69 Å². The first kappa shape index (κ1) is 19.1. The summed E-state index contributed by atoms with van der Waals surface area (Å²) in [6.07, 6.45) is 3.28. The molecule has 0 saturated carbocycles. The van der Waals surface area contributed by atoms with Crippen LogP contribution in [0.1, 0.15) is 16.2 Å². The number of rotatable bonds is 6. The van der Waals surface area contributed by atoms with E-state index in [0.29, 0.717) is 27.8 Å². The quantitative estimate of drug-likeness (QED) is 0.577. The molecule has 0 aliphatic heterocycles. The summed E-state index contributed by atoms with van der Waals surface area (Å²) >= 11 is 9.35. The number of halogens is 2. The number of nitrogens with one attached hydrogen (secondary N) is 1. The third-order valence-corrected chi connectivity index (χ3v) is 4.50. The van der Waals surface area contributed by atoms with Gasteiger partial charge in [-0.05, 0) is 42.5 Å². The minimum atomic E-state index is -0.336. The van der Waals surface area contributed by atoms with E-state index < -0.39 is 0 Å². The van der Waals surface area contributed by atoms with Crippen molar-refractivity contribution in [2.24, 2.45) is 7.05 Å². The Labute approximate surface area is 169 Å². The van der Waals surface area contributed by atoms with Crippen molar-refractivity contribution in [1.82, 2.24) is 9.55 Å². The van der Waals surface area contributed by atoms with Gasteiger partial charge in [0.2, 0.25) is 5.78 Å². The van der Waals surface area contributed by atoms with E-state index >= 15 is 0 Å². The van der Waals surface area contributed by atoms with Gasteiger partial charge in [0.1, 0.15) is 5.75 Å². The van der Waals surface area contributed by atoms with E-state index in [-0.39, 0.29) is 18.3 Å². The van der Waals surface area contributed by atoms with Gasteiger partial charge in [0, 0.05) is 35.2 Å². The molecule has 2 aromatic carbocycles. The van der Waals surface area contributed by atoms with Gasteiger partial charge in [0.25, 0.3) is 5.91 Å². The Balaban J connectivity index is 1.58. The largest absolute Gasteiger partial charge is 0.482 e. The standard InChI is InChI=1S/C19H15BrClN3O3/c1-24-9-8-22-19(24)18(26)12-2-5-14(6-3-12)23-17(25)11-27-16-7-4-13(20)10-15(16)21/h2-10H,11H2,1H3,(H,23,25). The fourth-order valence-corrected chi connectivity index (χ4v) is 3.08. The number of aromatic nitrogens is 2. The molecule has 138 valence electrons. The smallest absolute Gasteiger partial charge is 0.262 e. The Hall–Kier alpha value is -2.64. The van der Waals surface area contributed by atoms with Crippen LogP contribution in [0, 0.1) is 0 Å². The van der Waals surface area contributed by atoms with Crippen molar-refractivity contribution in [3.05, 3.63) is 75.7 Å². The summed E-state index contributed by atoms with van der Waals surface area (Å²) in [5.74, 6) is 0.253. The SMILES string of the molecule is Cn1ccnc1C(=O)c1ccc(NC(=O)COc2ccc(Br)cc2Cl)cc1. The van der Waals surface area contributed by atoms with Crippen molar-refractivity contribution in [3.8, 4) is 5.75 Å². The van der Waals surface area contributed by atoms with Gasteiger partial charge in [0.05, 0.1) is 5.02 Å². The highest BCUT2D eigenvalue weighted by Gasteiger charge is 2.14. The molecule has 0 aliphatic rings. The number of aryl methyl sites for hydroxylation is 1. The molecule has 0 fully saturated rings. The Kier molecular flexibility index (Phi) is 5.93. The predicted molar refractivity (Wildman–Crippen MR) is 106 cm³/mol. The maximum absolute atomic E-state index is 12.4. The van der Waals surface area contributed by atoms with E-state index in [2.05, 4.69) is 26.2 Å².